The van der Waals surface area contributed by atoms with Crippen molar-refractivity contribution in [2.24, 2.45) is 0 Å². The molecule has 0 saturated carbocycles. The van der Waals surface area contributed by atoms with Crippen molar-refractivity contribution in [2.75, 3.05) is 73.2 Å². The molecule has 8 rings (SSSR count). The molecule has 0 aliphatic carbocycles. The highest BCUT2D eigenvalue weighted by atomic mass is 35.5. The fourth-order valence-corrected chi connectivity index (χ4v) is 6.95. The molecule has 2 fully saturated rings. The molecule has 0 unspecified atom stereocenters. The van der Waals surface area contributed by atoms with Crippen molar-refractivity contribution in [1.82, 2.24) is 49.3 Å². The van der Waals surface area contributed by atoms with Gasteiger partial charge >= 0.3 is 0 Å². The molecule has 0 bridgehead atoms. The average Bonchev–Trinajstić information content (AvgIpc) is 3.75. The van der Waals surface area contributed by atoms with Crippen molar-refractivity contribution < 1.29 is 18.4 Å². The minimum Gasteiger partial charge on any atom is -0.399 e. The van der Waals surface area contributed by atoms with Crippen molar-refractivity contribution in [1.29, 1.82) is 0 Å². The molecular formula is C42H49ClF2N14O2. The lowest BCUT2D eigenvalue weighted by Crippen LogP contribution is -2.48. The van der Waals surface area contributed by atoms with Gasteiger partial charge in [0.15, 0.2) is 0 Å². The number of nitrogens with one attached hydrogen (secondary N) is 1. The zero-order valence-electron chi connectivity index (χ0n) is 35.0. The number of rotatable bonds is 6. The van der Waals surface area contributed by atoms with Gasteiger partial charge in [-0.2, -0.15) is 30.1 Å². The van der Waals surface area contributed by atoms with Gasteiger partial charge in [0, 0.05) is 101 Å². The molecule has 19 heteroatoms. The molecule has 6 aromatic rings. The Morgan fingerprint density at radius 3 is 1.52 bits per heavy atom. The van der Waals surface area contributed by atoms with Crippen LogP contribution in [0, 0.1) is 39.3 Å². The second-order valence-corrected chi connectivity index (χ2v) is 15.0. The third-order valence-corrected chi connectivity index (χ3v) is 10.0. The first-order valence-corrected chi connectivity index (χ1v) is 20.0. The summed E-state index contributed by atoms with van der Waals surface area (Å²) in [7, 11) is 0. The van der Waals surface area contributed by atoms with Gasteiger partial charge < -0.3 is 30.7 Å². The predicted octanol–water partition coefficient (Wildman–Crippen LogP) is 5.84. The SMILES string of the molecule is CC(=O)N1CCN(c2cc(Cl)nc(-n3nc(C)cc3C)n2)CC1.CC(=O)N1CCN(c2cc(Nc3cccc(F)c3)nc(-n3nc(C)cc3C)n2)CC1.Nc1cccc(F)c1. The summed E-state index contributed by atoms with van der Waals surface area (Å²) in [5.74, 6) is 2.51. The molecule has 2 aromatic carbocycles. The number of nitrogens with two attached hydrogens (primary N) is 1. The summed E-state index contributed by atoms with van der Waals surface area (Å²) < 4.78 is 29.1. The van der Waals surface area contributed by atoms with Gasteiger partial charge in [0.1, 0.15) is 34.2 Å². The van der Waals surface area contributed by atoms with E-state index in [1.54, 1.807) is 53.5 Å². The van der Waals surface area contributed by atoms with Crippen molar-refractivity contribution in [3.05, 3.63) is 112 Å². The Morgan fingerprint density at radius 2 is 1.10 bits per heavy atom. The Kier molecular flexibility index (Phi) is 14.1. The minimum atomic E-state index is -0.326. The van der Waals surface area contributed by atoms with E-state index in [0.29, 0.717) is 73.5 Å². The van der Waals surface area contributed by atoms with Crippen LogP contribution in [0.2, 0.25) is 5.15 Å². The van der Waals surface area contributed by atoms with Crippen molar-refractivity contribution in [2.45, 2.75) is 41.5 Å². The maximum Gasteiger partial charge on any atom is 0.254 e. The van der Waals surface area contributed by atoms with Crippen molar-refractivity contribution in [3.8, 4) is 11.9 Å². The molecule has 61 heavy (non-hydrogen) atoms. The van der Waals surface area contributed by atoms with E-state index in [1.165, 1.54) is 24.3 Å². The van der Waals surface area contributed by atoms with E-state index in [1.807, 2.05) is 55.7 Å². The normalized spacial score (nSPS) is 13.9. The molecule has 320 valence electrons. The Hall–Kier alpha value is -6.69. The van der Waals surface area contributed by atoms with E-state index in [2.05, 4.69) is 40.3 Å². The summed E-state index contributed by atoms with van der Waals surface area (Å²) >= 11 is 6.17. The van der Waals surface area contributed by atoms with Crippen LogP contribution in [-0.4, -0.2) is 113 Å². The van der Waals surface area contributed by atoms with E-state index in [-0.39, 0.29) is 23.4 Å². The third kappa shape index (κ3) is 11.7. The zero-order chi connectivity index (χ0) is 43.8. The number of amides is 2. The fraction of sp³-hybridized carbons (Fsp3) is 0.333. The largest absolute Gasteiger partial charge is 0.399 e. The highest BCUT2D eigenvalue weighted by molar-refractivity contribution is 6.29. The van der Waals surface area contributed by atoms with E-state index in [9.17, 15) is 18.4 Å². The van der Waals surface area contributed by atoms with Crippen LogP contribution in [0.25, 0.3) is 11.9 Å². The number of carbonyl (C=O) groups is 2. The predicted molar refractivity (Wildman–Crippen MR) is 232 cm³/mol. The number of hydrogen-bond donors (Lipinski definition) is 2. The second-order valence-electron chi connectivity index (χ2n) is 14.6. The van der Waals surface area contributed by atoms with Crippen LogP contribution in [0.5, 0.6) is 0 Å². The molecule has 2 saturated heterocycles. The zero-order valence-corrected chi connectivity index (χ0v) is 35.7. The lowest BCUT2D eigenvalue weighted by molar-refractivity contribution is -0.129. The first-order valence-electron chi connectivity index (χ1n) is 19.7. The van der Waals surface area contributed by atoms with Crippen LogP contribution in [-0.2, 0) is 9.59 Å². The molecule has 3 N–H and O–H groups in total. The van der Waals surface area contributed by atoms with Crippen LogP contribution >= 0.6 is 11.6 Å². The summed E-state index contributed by atoms with van der Waals surface area (Å²) in [5.41, 5.74) is 9.93. The number of aryl methyl sites for hydroxylation is 4. The van der Waals surface area contributed by atoms with Crippen molar-refractivity contribution >= 4 is 52.2 Å². The summed E-state index contributed by atoms with van der Waals surface area (Å²) in [4.78, 5) is 49.2. The smallest absolute Gasteiger partial charge is 0.254 e. The Balaban J connectivity index is 0.000000177. The number of nitrogens with zero attached hydrogens (tertiary/aromatic N) is 12. The van der Waals surface area contributed by atoms with Crippen LogP contribution < -0.4 is 20.9 Å². The van der Waals surface area contributed by atoms with Gasteiger partial charge in [0.2, 0.25) is 11.8 Å². The Labute approximate surface area is 358 Å². The first kappa shape index (κ1) is 43.9. The molecule has 6 heterocycles. The Bertz CT molecular complexity index is 2460. The lowest BCUT2D eigenvalue weighted by Gasteiger charge is -2.35. The summed E-state index contributed by atoms with van der Waals surface area (Å²) in [5, 5.41) is 12.4. The molecule has 2 aliphatic rings. The van der Waals surface area contributed by atoms with Gasteiger partial charge in [-0.05, 0) is 76.2 Å². The number of benzene rings is 2. The number of anilines is 5. The van der Waals surface area contributed by atoms with Crippen molar-refractivity contribution in [3.63, 3.8) is 0 Å². The summed E-state index contributed by atoms with van der Waals surface area (Å²) in [6.45, 7) is 16.4. The summed E-state index contributed by atoms with van der Waals surface area (Å²) in [6, 6.07) is 19.6. The highest BCUT2D eigenvalue weighted by Crippen LogP contribution is 2.24. The fourth-order valence-electron chi connectivity index (χ4n) is 6.78. The van der Waals surface area contributed by atoms with E-state index < -0.39 is 0 Å². The summed E-state index contributed by atoms with van der Waals surface area (Å²) in [6.07, 6.45) is 0. The lowest BCUT2D eigenvalue weighted by atomic mass is 10.3. The number of nitrogen functional groups attached to an aromatic ring is 1. The van der Waals surface area contributed by atoms with E-state index in [4.69, 9.17) is 22.3 Å². The molecule has 2 amide bonds. The van der Waals surface area contributed by atoms with Crippen LogP contribution in [0.3, 0.4) is 0 Å². The average molecular weight is 855 g/mol. The maximum absolute atomic E-state index is 13.6. The van der Waals surface area contributed by atoms with Gasteiger partial charge in [0.05, 0.1) is 11.4 Å². The maximum atomic E-state index is 13.6. The molecule has 4 aromatic heterocycles. The van der Waals surface area contributed by atoms with Gasteiger partial charge in [-0.1, -0.05) is 23.7 Å². The minimum absolute atomic E-state index is 0.0779. The number of piperazine rings is 2. The first-order chi connectivity index (χ1) is 29.1. The molecular weight excluding hydrogens is 806 g/mol. The monoisotopic (exact) mass is 854 g/mol. The number of aromatic nitrogens is 8. The van der Waals surface area contributed by atoms with Gasteiger partial charge in [0.25, 0.3) is 11.9 Å². The van der Waals surface area contributed by atoms with Crippen LogP contribution in [0.4, 0.5) is 37.6 Å². The van der Waals surface area contributed by atoms with E-state index >= 15 is 0 Å². The molecule has 16 nitrogen and oxygen atoms in total. The molecule has 0 radical (unpaired) electrons. The number of carbonyl (C=O) groups excluding carboxylic acids is 2. The Morgan fingerprint density at radius 1 is 0.623 bits per heavy atom. The quantitative estimate of drug-likeness (QED) is 0.152. The molecule has 2 aliphatic heterocycles. The molecule has 0 atom stereocenters. The van der Waals surface area contributed by atoms with Crippen LogP contribution in [0.15, 0.2) is 72.8 Å². The standard InChI is InChI=1S/C21H24FN7O.C15H19ClN6O.C6H6FN/c1-14-11-15(2)29(26-14)21-24-19(23-18-6-4-5-17(22)12-18)13-20(25-21)28-9-7-27(8-10-28)16(3)30;1-10-8-11(2)22(19-10)15-17-13(16)9-14(18-15)21-6-4-20(5-7-21)12(3)23;7-5-2-1-3-6(8)4-5/h4-6,11-13H,7-10H2,1-3H3,(H,23,24,25);8-9H,4-7H2,1-3H3;1-4H,8H2. The highest BCUT2D eigenvalue weighted by Gasteiger charge is 2.23. The number of hydrogen-bond acceptors (Lipinski definition) is 12. The second kappa shape index (κ2) is 19.6. The van der Waals surface area contributed by atoms with E-state index in [0.717, 1.165) is 47.5 Å². The van der Waals surface area contributed by atoms with Gasteiger partial charge in [-0.3, -0.25) is 9.59 Å². The molecule has 0 spiro atoms. The topological polar surface area (TPSA) is 172 Å². The number of halogens is 3. The van der Waals surface area contributed by atoms with Crippen LogP contribution in [0.1, 0.15) is 36.6 Å². The van der Waals surface area contributed by atoms with Gasteiger partial charge in [-0.15, -0.1) is 0 Å². The third-order valence-electron chi connectivity index (χ3n) is 9.81. The van der Waals surface area contributed by atoms with Gasteiger partial charge in [-0.25, -0.2) is 18.1 Å².